The Morgan fingerprint density at radius 3 is 2.62 bits per heavy atom. The van der Waals surface area contributed by atoms with Gasteiger partial charge in [0.05, 0.1) is 17.8 Å². The highest BCUT2D eigenvalue weighted by Gasteiger charge is 2.39. The van der Waals surface area contributed by atoms with Gasteiger partial charge in [0.2, 0.25) is 11.8 Å². The van der Waals surface area contributed by atoms with E-state index in [9.17, 15) is 22.8 Å². The number of anilines is 1. The number of nitrogens with one attached hydrogen (secondary N) is 1. The number of amides is 2. The third-order valence-corrected chi connectivity index (χ3v) is 4.72. The van der Waals surface area contributed by atoms with Gasteiger partial charge in [-0.15, -0.1) is 0 Å². The van der Waals surface area contributed by atoms with E-state index in [-0.39, 0.29) is 18.2 Å². The first kappa shape index (κ1) is 16.8. The first-order valence-electron chi connectivity index (χ1n) is 7.98. The van der Waals surface area contributed by atoms with Crippen LogP contribution in [0.25, 0.3) is 0 Å². The second-order valence-corrected chi connectivity index (χ2v) is 6.45. The summed E-state index contributed by atoms with van der Waals surface area (Å²) in [6, 6.07) is 0. The first-order valence-corrected chi connectivity index (χ1v) is 7.98. The molecule has 1 aromatic heterocycles. The van der Waals surface area contributed by atoms with Crippen LogP contribution in [0.3, 0.4) is 0 Å². The SMILES string of the molecule is O=C(C1CC(=O)N(c2cn[nH]c2)C1)N1CCC(CC(F)(F)F)CC1. The monoisotopic (exact) mass is 344 g/mol. The average Bonchev–Trinajstić information content (AvgIpc) is 3.14. The van der Waals surface area contributed by atoms with Crippen LogP contribution in [0.2, 0.25) is 0 Å². The molecule has 0 radical (unpaired) electrons. The molecule has 2 saturated heterocycles. The van der Waals surface area contributed by atoms with Gasteiger partial charge in [0.25, 0.3) is 0 Å². The van der Waals surface area contributed by atoms with E-state index < -0.39 is 24.4 Å². The quantitative estimate of drug-likeness (QED) is 0.911. The third-order valence-electron chi connectivity index (χ3n) is 4.72. The largest absolute Gasteiger partial charge is 0.389 e. The van der Waals surface area contributed by atoms with Crippen molar-refractivity contribution >= 4 is 17.5 Å². The molecule has 3 heterocycles. The molecule has 0 aliphatic carbocycles. The Bertz CT molecular complexity index is 594. The minimum atomic E-state index is -4.15. The van der Waals surface area contributed by atoms with Gasteiger partial charge in [-0.05, 0) is 18.8 Å². The van der Waals surface area contributed by atoms with Crippen molar-refractivity contribution in [1.29, 1.82) is 0 Å². The van der Waals surface area contributed by atoms with Crippen molar-refractivity contribution in [1.82, 2.24) is 15.1 Å². The number of hydrogen-bond acceptors (Lipinski definition) is 3. The second-order valence-electron chi connectivity index (χ2n) is 6.45. The van der Waals surface area contributed by atoms with Crippen molar-refractivity contribution in [3.8, 4) is 0 Å². The van der Waals surface area contributed by atoms with Crippen LogP contribution < -0.4 is 4.90 Å². The number of hydrogen-bond donors (Lipinski definition) is 1. The Balaban J connectivity index is 1.54. The number of rotatable bonds is 3. The molecule has 2 fully saturated rings. The summed E-state index contributed by atoms with van der Waals surface area (Å²) in [6.07, 6.45) is -0.979. The Morgan fingerprint density at radius 2 is 2.04 bits per heavy atom. The van der Waals surface area contributed by atoms with E-state index in [1.54, 1.807) is 11.1 Å². The fourth-order valence-corrected chi connectivity index (χ4v) is 3.46. The molecule has 2 amide bonds. The average molecular weight is 344 g/mol. The topological polar surface area (TPSA) is 69.3 Å². The van der Waals surface area contributed by atoms with Crippen LogP contribution in [0, 0.1) is 11.8 Å². The number of aromatic amines is 1. The van der Waals surface area contributed by atoms with E-state index >= 15 is 0 Å². The molecule has 9 heteroatoms. The zero-order chi connectivity index (χ0) is 17.3. The molecule has 0 aromatic carbocycles. The molecule has 1 aromatic rings. The van der Waals surface area contributed by atoms with Gasteiger partial charge in [-0.3, -0.25) is 14.7 Å². The number of aromatic nitrogens is 2. The molecule has 0 saturated carbocycles. The summed E-state index contributed by atoms with van der Waals surface area (Å²) in [7, 11) is 0. The number of carbonyl (C=O) groups excluding carboxylic acids is 2. The second kappa shape index (κ2) is 6.45. The third kappa shape index (κ3) is 3.70. The zero-order valence-electron chi connectivity index (χ0n) is 13.1. The molecule has 1 N–H and O–H groups in total. The molecular formula is C15H19F3N4O2. The van der Waals surface area contributed by atoms with Crippen LogP contribution in [-0.4, -0.2) is 52.7 Å². The highest BCUT2D eigenvalue weighted by molar-refractivity contribution is 6.00. The van der Waals surface area contributed by atoms with E-state index in [0.29, 0.717) is 38.2 Å². The van der Waals surface area contributed by atoms with Gasteiger partial charge in [-0.1, -0.05) is 0 Å². The fraction of sp³-hybridized carbons (Fsp3) is 0.667. The normalized spacial score (nSPS) is 23.1. The lowest BCUT2D eigenvalue weighted by molar-refractivity contribution is -0.150. The molecule has 3 rings (SSSR count). The van der Waals surface area contributed by atoms with Crippen LogP contribution in [0.5, 0.6) is 0 Å². The van der Waals surface area contributed by atoms with Gasteiger partial charge in [-0.2, -0.15) is 18.3 Å². The number of H-pyrrole nitrogens is 1. The summed E-state index contributed by atoms with van der Waals surface area (Å²) in [4.78, 5) is 27.7. The van der Waals surface area contributed by atoms with Gasteiger partial charge in [0.15, 0.2) is 0 Å². The summed E-state index contributed by atoms with van der Waals surface area (Å²) < 4.78 is 37.3. The predicted molar refractivity (Wildman–Crippen MR) is 79.0 cm³/mol. The molecule has 2 aliphatic rings. The van der Waals surface area contributed by atoms with Crippen LogP contribution in [0.15, 0.2) is 12.4 Å². The Morgan fingerprint density at radius 1 is 1.33 bits per heavy atom. The fourth-order valence-electron chi connectivity index (χ4n) is 3.46. The number of piperidine rings is 1. The van der Waals surface area contributed by atoms with Gasteiger partial charge < -0.3 is 9.80 Å². The Hall–Kier alpha value is -2.06. The van der Waals surface area contributed by atoms with Crippen LogP contribution >= 0.6 is 0 Å². The van der Waals surface area contributed by atoms with Crippen molar-refractivity contribution in [2.75, 3.05) is 24.5 Å². The number of halogens is 3. The van der Waals surface area contributed by atoms with Crippen molar-refractivity contribution < 1.29 is 22.8 Å². The maximum atomic E-state index is 12.6. The summed E-state index contributed by atoms with van der Waals surface area (Å²) in [5.41, 5.74) is 0.624. The highest BCUT2D eigenvalue weighted by atomic mass is 19.4. The lowest BCUT2D eigenvalue weighted by Crippen LogP contribution is -2.43. The number of carbonyl (C=O) groups is 2. The first-order chi connectivity index (χ1) is 11.3. The predicted octanol–water partition coefficient (Wildman–Crippen LogP) is 1.95. The van der Waals surface area contributed by atoms with E-state index in [2.05, 4.69) is 10.2 Å². The summed E-state index contributed by atoms with van der Waals surface area (Å²) in [6.45, 7) is 0.950. The molecule has 0 spiro atoms. The molecule has 0 bridgehead atoms. The molecule has 6 nitrogen and oxygen atoms in total. The smallest absolute Gasteiger partial charge is 0.342 e. The zero-order valence-corrected chi connectivity index (χ0v) is 13.1. The van der Waals surface area contributed by atoms with E-state index in [4.69, 9.17) is 0 Å². The van der Waals surface area contributed by atoms with Gasteiger partial charge in [0.1, 0.15) is 0 Å². The summed E-state index contributed by atoms with van der Waals surface area (Å²) in [5.74, 6) is -1.13. The maximum absolute atomic E-state index is 12.6. The molecule has 132 valence electrons. The van der Waals surface area contributed by atoms with Crippen LogP contribution in [0.4, 0.5) is 18.9 Å². The van der Waals surface area contributed by atoms with Crippen molar-refractivity contribution in [2.45, 2.75) is 31.9 Å². The Labute approximate surface area is 137 Å². The van der Waals surface area contributed by atoms with Crippen molar-refractivity contribution in [3.05, 3.63) is 12.4 Å². The number of likely N-dealkylation sites (tertiary alicyclic amines) is 1. The molecule has 1 unspecified atom stereocenters. The standard InChI is InChI=1S/C15H19F3N4O2/c16-15(17,18)6-10-1-3-21(4-2-10)14(24)11-5-13(23)22(9-11)12-7-19-20-8-12/h7-8,10-11H,1-6,9H2,(H,19,20). The van der Waals surface area contributed by atoms with Crippen LogP contribution in [0.1, 0.15) is 25.7 Å². The van der Waals surface area contributed by atoms with Crippen molar-refractivity contribution in [3.63, 3.8) is 0 Å². The van der Waals surface area contributed by atoms with E-state index in [1.807, 2.05) is 0 Å². The minimum Gasteiger partial charge on any atom is -0.342 e. The lowest BCUT2D eigenvalue weighted by atomic mass is 9.92. The summed E-state index contributed by atoms with van der Waals surface area (Å²) >= 11 is 0. The maximum Gasteiger partial charge on any atom is 0.389 e. The van der Waals surface area contributed by atoms with Gasteiger partial charge >= 0.3 is 6.18 Å². The van der Waals surface area contributed by atoms with E-state index in [1.165, 1.54) is 11.1 Å². The lowest BCUT2D eigenvalue weighted by Gasteiger charge is -2.33. The number of alkyl halides is 3. The number of nitrogens with zero attached hydrogens (tertiary/aromatic N) is 3. The Kier molecular flexibility index (Phi) is 4.51. The minimum absolute atomic E-state index is 0.131. The van der Waals surface area contributed by atoms with Crippen molar-refractivity contribution in [2.24, 2.45) is 11.8 Å². The molecule has 2 aliphatic heterocycles. The molecule has 1 atom stereocenters. The van der Waals surface area contributed by atoms with E-state index in [0.717, 1.165) is 0 Å². The molecule has 24 heavy (non-hydrogen) atoms. The van der Waals surface area contributed by atoms with Gasteiger partial charge in [0, 0.05) is 38.7 Å². The van der Waals surface area contributed by atoms with Crippen LogP contribution in [-0.2, 0) is 9.59 Å². The highest BCUT2D eigenvalue weighted by Crippen LogP contribution is 2.32. The summed E-state index contributed by atoms with van der Waals surface area (Å²) in [5, 5.41) is 6.42. The van der Waals surface area contributed by atoms with Gasteiger partial charge in [-0.25, -0.2) is 0 Å². The molecular weight excluding hydrogens is 325 g/mol.